The molecule has 0 radical (unpaired) electrons. The Labute approximate surface area is 180 Å². The number of amides is 2. The van der Waals surface area contributed by atoms with Crippen LogP contribution in [0.5, 0.6) is 0 Å². The second-order valence-corrected chi connectivity index (χ2v) is 7.68. The summed E-state index contributed by atoms with van der Waals surface area (Å²) in [5, 5.41) is 0. The Bertz CT molecular complexity index is 1020. The fourth-order valence-corrected chi connectivity index (χ4v) is 3.84. The van der Waals surface area contributed by atoms with Crippen LogP contribution in [0.4, 0.5) is 10.1 Å². The van der Waals surface area contributed by atoms with E-state index >= 15 is 0 Å². The Hall–Kier alpha value is -3.26. The first-order valence-corrected chi connectivity index (χ1v) is 10.2. The number of benzene rings is 2. The average molecular weight is 426 g/mol. The van der Waals surface area contributed by atoms with Crippen molar-refractivity contribution in [1.82, 2.24) is 0 Å². The van der Waals surface area contributed by atoms with Gasteiger partial charge in [0.2, 0.25) is 0 Å². The van der Waals surface area contributed by atoms with Crippen molar-refractivity contribution in [2.45, 2.75) is 38.8 Å². The largest absolute Gasteiger partial charge is 0.383 e. The van der Waals surface area contributed by atoms with E-state index in [2.05, 4.69) is 16.8 Å². The molecule has 1 saturated heterocycles. The lowest BCUT2D eigenvalue weighted by Crippen LogP contribution is -2.38. The third-order valence-corrected chi connectivity index (χ3v) is 5.49. The lowest BCUT2D eigenvalue weighted by atomic mass is 10.00. The fraction of sp³-hybridized carbons (Fsp3) is 0.348. The van der Waals surface area contributed by atoms with Gasteiger partial charge in [-0.1, -0.05) is 6.07 Å². The van der Waals surface area contributed by atoms with Crippen LogP contribution in [-0.2, 0) is 11.3 Å². The molecule has 164 valence electrons. The summed E-state index contributed by atoms with van der Waals surface area (Å²) in [7, 11) is 1.61. The lowest BCUT2D eigenvalue weighted by Gasteiger charge is -2.36. The molecule has 2 amide bonds. The van der Waals surface area contributed by atoms with Gasteiger partial charge in [0.1, 0.15) is 11.7 Å². The zero-order chi connectivity index (χ0) is 22.5. The zero-order valence-electron chi connectivity index (χ0n) is 17.7. The van der Waals surface area contributed by atoms with Gasteiger partial charge in [-0.2, -0.15) is 4.99 Å². The number of anilines is 1. The number of primary amides is 1. The molecule has 3 rings (SSSR count). The van der Waals surface area contributed by atoms with Crippen LogP contribution in [0, 0.1) is 5.82 Å². The van der Waals surface area contributed by atoms with Gasteiger partial charge in [0.05, 0.1) is 12.2 Å². The summed E-state index contributed by atoms with van der Waals surface area (Å²) >= 11 is 0. The molecular formula is C23H27FN4O3. The van der Waals surface area contributed by atoms with Gasteiger partial charge in [-0.05, 0) is 56.5 Å². The van der Waals surface area contributed by atoms with Crippen LogP contribution < -0.4 is 16.4 Å². The number of hydrogen-bond donors (Lipinski definition) is 2. The summed E-state index contributed by atoms with van der Waals surface area (Å²) in [5.74, 6) is -2.41. The molecule has 1 aliphatic rings. The van der Waals surface area contributed by atoms with E-state index in [1.165, 1.54) is 18.6 Å². The van der Waals surface area contributed by atoms with Crippen molar-refractivity contribution in [1.29, 1.82) is 0 Å². The third-order valence-electron chi connectivity index (χ3n) is 5.49. The van der Waals surface area contributed by atoms with E-state index in [1.54, 1.807) is 19.2 Å². The Balaban J connectivity index is 1.88. The molecule has 0 bridgehead atoms. The first kappa shape index (κ1) is 22.4. The Morgan fingerprint density at radius 2 is 1.90 bits per heavy atom. The van der Waals surface area contributed by atoms with Gasteiger partial charge in [0.25, 0.3) is 11.8 Å². The van der Waals surface area contributed by atoms with Gasteiger partial charge in [0.15, 0.2) is 0 Å². The number of ether oxygens (including phenoxy) is 1. The van der Waals surface area contributed by atoms with Gasteiger partial charge in [-0.25, -0.2) is 4.39 Å². The minimum absolute atomic E-state index is 0.151. The van der Waals surface area contributed by atoms with Gasteiger partial charge in [-0.3, -0.25) is 9.59 Å². The van der Waals surface area contributed by atoms with Crippen molar-refractivity contribution < 1.29 is 18.7 Å². The monoisotopic (exact) mass is 426 g/mol. The molecule has 0 aromatic heterocycles. The molecule has 0 saturated carbocycles. The Kier molecular flexibility index (Phi) is 7.02. The number of hydrogen-bond acceptors (Lipinski definition) is 4. The van der Waals surface area contributed by atoms with Crippen molar-refractivity contribution in [2.24, 2.45) is 16.5 Å². The van der Waals surface area contributed by atoms with Gasteiger partial charge >= 0.3 is 0 Å². The third kappa shape index (κ3) is 5.08. The van der Waals surface area contributed by atoms with E-state index in [0.29, 0.717) is 18.2 Å². The fourth-order valence-electron chi connectivity index (χ4n) is 3.84. The van der Waals surface area contributed by atoms with Gasteiger partial charge < -0.3 is 21.1 Å². The molecule has 2 aromatic carbocycles. The number of piperidine rings is 1. The summed E-state index contributed by atoms with van der Waals surface area (Å²) in [6, 6.07) is 9.44. The molecule has 7 nitrogen and oxygen atoms in total. The molecule has 8 heteroatoms. The van der Waals surface area contributed by atoms with Crippen molar-refractivity contribution >= 4 is 23.3 Å². The highest BCUT2D eigenvalue weighted by Crippen LogP contribution is 2.29. The molecule has 1 fully saturated rings. The number of carbonyl (C=O) groups excluding carboxylic acids is 2. The van der Waals surface area contributed by atoms with Crippen molar-refractivity contribution in [3.05, 3.63) is 64.5 Å². The second kappa shape index (κ2) is 9.70. The molecule has 4 N–H and O–H groups in total. The Morgan fingerprint density at radius 1 is 1.16 bits per heavy atom. The van der Waals surface area contributed by atoms with Crippen LogP contribution in [0.3, 0.4) is 0 Å². The molecule has 1 atom stereocenters. The summed E-state index contributed by atoms with van der Waals surface area (Å²) in [6.07, 6.45) is 3.46. The van der Waals surface area contributed by atoms with Crippen LogP contribution in [0.1, 0.15) is 58.0 Å². The predicted molar refractivity (Wildman–Crippen MR) is 118 cm³/mol. The highest BCUT2D eigenvalue weighted by molar-refractivity contribution is 6.09. The average Bonchev–Trinajstić information content (AvgIpc) is 2.74. The van der Waals surface area contributed by atoms with Crippen molar-refractivity contribution in [3.63, 3.8) is 0 Å². The number of nitrogens with zero attached hydrogens (tertiary/aromatic N) is 2. The van der Waals surface area contributed by atoms with Crippen molar-refractivity contribution in [3.8, 4) is 0 Å². The van der Waals surface area contributed by atoms with Gasteiger partial charge in [0, 0.05) is 42.1 Å². The normalized spacial score (nSPS) is 16.9. The molecule has 0 aliphatic carbocycles. The summed E-state index contributed by atoms with van der Waals surface area (Å²) in [5.41, 5.74) is 13.2. The van der Waals surface area contributed by atoms with Crippen LogP contribution in [0.25, 0.3) is 0 Å². The minimum atomic E-state index is -0.885. The quantitative estimate of drug-likeness (QED) is 0.545. The number of halogens is 1. The predicted octanol–water partition coefficient (Wildman–Crippen LogP) is 3.00. The van der Waals surface area contributed by atoms with Crippen LogP contribution in [-0.4, -0.2) is 37.3 Å². The molecule has 0 spiro atoms. The van der Waals surface area contributed by atoms with E-state index in [4.69, 9.17) is 16.2 Å². The summed E-state index contributed by atoms with van der Waals surface area (Å²) in [4.78, 5) is 30.1. The molecule has 2 aromatic rings. The number of aliphatic imine (C=N–C) groups is 1. The number of rotatable bonds is 6. The van der Waals surface area contributed by atoms with E-state index < -0.39 is 17.6 Å². The standard InChI is InChI=1S/C23H27FN4O3/c1-14-5-3-4-10-28(14)20-9-7-16(11-17(20)13-31-2)23(30)27-21(25)15-6-8-18(22(26)29)19(24)12-15/h6-9,11-12,14H,3-5,10,13H2,1-2H3,(H2,26,29)(H2,25,27,30). The maximum Gasteiger partial charge on any atom is 0.278 e. The first-order chi connectivity index (χ1) is 14.8. The molecule has 1 heterocycles. The second-order valence-electron chi connectivity index (χ2n) is 7.68. The van der Waals surface area contributed by atoms with Crippen LogP contribution >= 0.6 is 0 Å². The highest BCUT2D eigenvalue weighted by Gasteiger charge is 2.22. The summed E-state index contributed by atoms with van der Waals surface area (Å²) in [6.45, 7) is 3.52. The van der Waals surface area contributed by atoms with E-state index in [0.717, 1.165) is 36.7 Å². The maximum absolute atomic E-state index is 14.0. The molecule has 1 aliphatic heterocycles. The molecule has 1 unspecified atom stereocenters. The molecular weight excluding hydrogens is 399 g/mol. The maximum atomic E-state index is 14.0. The smallest absolute Gasteiger partial charge is 0.278 e. The van der Waals surface area contributed by atoms with Crippen LogP contribution in [0.2, 0.25) is 0 Å². The molecule has 31 heavy (non-hydrogen) atoms. The number of methoxy groups -OCH3 is 1. The first-order valence-electron chi connectivity index (χ1n) is 10.2. The van der Waals surface area contributed by atoms with Crippen molar-refractivity contribution in [2.75, 3.05) is 18.6 Å². The number of carbonyl (C=O) groups is 2. The SMILES string of the molecule is COCc1cc(C(=O)N=C(N)c2ccc(C(N)=O)c(F)c2)ccc1N1CCCCC1C. The highest BCUT2D eigenvalue weighted by atomic mass is 19.1. The number of amidine groups is 1. The zero-order valence-corrected chi connectivity index (χ0v) is 17.7. The minimum Gasteiger partial charge on any atom is -0.383 e. The van der Waals surface area contributed by atoms with E-state index in [-0.39, 0.29) is 17.0 Å². The summed E-state index contributed by atoms with van der Waals surface area (Å²) < 4.78 is 19.3. The van der Waals surface area contributed by atoms with Crippen LogP contribution in [0.15, 0.2) is 41.4 Å². The van der Waals surface area contributed by atoms with Gasteiger partial charge in [-0.15, -0.1) is 0 Å². The topological polar surface area (TPSA) is 111 Å². The van der Waals surface area contributed by atoms with E-state index in [9.17, 15) is 14.0 Å². The Morgan fingerprint density at radius 3 is 2.55 bits per heavy atom. The number of nitrogens with two attached hydrogens (primary N) is 2. The van der Waals surface area contributed by atoms with E-state index in [1.807, 2.05) is 6.07 Å². The lowest BCUT2D eigenvalue weighted by molar-refractivity contribution is 0.0990.